The van der Waals surface area contributed by atoms with E-state index in [0.29, 0.717) is 31.0 Å². The van der Waals surface area contributed by atoms with Crippen molar-refractivity contribution in [2.75, 3.05) is 25.0 Å². The number of aromatic nitrogens is 1. The standard InChI is InChI=1S/C27H27N5O6/c33-24(30-15-22(26(35)36)31-27(37)38-17-18-6-2-1-3-7-18)19-9-10-20-16-32(25(34)21(20)14-19)13-12-29-23-8-4-5-11-28-23/h1-11,14,22H,12-13,15-17H2,(H,28,29)(H,30,33)(H,31,37)(H,35,36). The molecule has 1 aliphatic heterocycles. The summed E-state index contributed by atoms with van der Waals surface area (Å²) in [6, 6.07) is 17.8. The van der Waals surface area contributed by atoms with Crippen LogP contribution in [0.15, 0.2) is 72.9 Å². The highest BCUT2D eigenvalue weighted by Crippen LogP contribution is 2.23. The lowest BCUT2D eigenvalue weighted by Crippen LogP contribution is -2.48. The van der Waals surface area contributed by atoms with Gasteiger partial charge in [0.25, 0.3) is 11.8 Å². The molecule has 0 aliphatic carbocycles. The van der Waals surface area contributed by atoms with E-state index in [0.717, 1.165) is 11.1 Å². The van der Waals surface area contributed by atoms with Crippen molar-refractivity contribution < 1.29 is 29.0 Å². The Morgan fingerprint density at radius 1 is 1.05 bits per heavy atom. The molecule has 0 spiro atoms. The molecule has 0 radical (unpaired) electrons. The minimum atomic E-state index is -1.40. The number of rotatable bonds is 11. The van der Waals surface area contributed by atoms with Crippen LogP contribution in [0.4, 0.5) is 10.6 Å². The number of hydrogen-bond acceptors (Lipinski definition) is 7. The van der Waals surface area contributed by atoms with E-state index >= 15 is 0 Å². The number of aliphatic carboxylic acids is 1. The molecule has 196 valence electrons. The van der Waals surface area contributed by atoms with E-state index in [4.69, 9.17) is 4.74 Å². The Labute approximate surface area is 218 Å². The van der Waals surface area contributed by atoms with E-state index in [9.17, 15) is 24.3 Å². The Bertz CT molecular complexity index is 1300. The SMILES string of the molecule is O=C(NC(CNC(=O)c1ccc2c(c1)C(=O)N(CCNc1ccccn1)C2)C(=O)O)OCc1ccccc1. The van der Waals surface area contributed by atoms with Crippen LogP contribution in [0.25, 0.3) is 0 Å². The number of carboxylic acids is 1. The Kier molecular flexibility index (Phi) is 8.50. The molecule has 2 heterocycles. The van der Waals surface area contributed by atoms with Gasteiger partial charge in [-0.25, -0.2) is 14.6 Å². The summed E-state index contributed by atoms with van der Waals surface area (Å²) in [5, 5.41) is 17.3. The number of nitrogens with one attached hydrogen (secondary N) is 3. The second kappa shape index (κ2) is 12.3. The summed E-state index contributed by atoms with van der Waals surface area (Å²) in [4.78, 5) is 55.0. The van der Waals surface area contributed by atoms with Crippen LogP contribution < -0.4 is 16.0 Å². The molecule has 3 amide bonds. The molecule has 11 heteroatoms. The van der Waals surface area contributed by atoms with E-state index in [1.54, 1.807) is 47.5 Å². The first-order valence-electron chi connectivity index (χ1n) is 12.0. The summed E-state index contributed by atoms with van der Waals surface area (Å²) in [5.74, 6) is -1.37. The third kappa shape index (κ3) is 6.84. The molecule has 0 bridgehead atoms. The Balaban J connectivity index is 1.27. The molecule has 2 aromatic carbocycles. The highest BCUT2D eigenvalue weighted by atomic mass is 16.5. The van der Waals surface area contributed by atoms with Gasteiger partial charge in [-0.1, -0.05) is 42.5 Å². The lowest BCUT2D eigenvalue weighted by molar-refractivity contribution is -0.139. The van der Waals surface area contributed by atoms with E-state index in [1.807, 2.05) is 24.3 Å². The summed E-state index contributed by atoms with van der Waals surface area (Å²) < 4.78 is 5.05. The summed E-state index contributed by atoms with van der Waals surface area (Å²) >= 11 is 0. The topological polar surface area (TPSA) is 150 Å². The fourth-order valence-electron chi connectivity index (χ4n) is 3.87. The molecular weight excluding hydrogens is 490 g/mol. The molecule has 0 saturated heterocycles. The summed E-state index contributed by atoms with van der Waals surface area (Å²) in [7, 11) is 0. The number of nitrogens with zero attached hydrogens (tertiary/aromatic N) is 2. The summed E-state index contributed by atoms with van der Waals surface area (Å²) in [6.07, 6.45) is 0.759. The molecule has 38 heavy (non-hydrogen) atoms. The van der Waals surface area contributed by atoms with Gasteiger partial charge in [-0.15, -0.1) is 0 Å². The van der Waals surface area contributed by atoms with Gasteiger partial charge in [-0.3, -0.25) is 9.59 Å². The fourth-order valence-corrected chi connectivity index (χ4v) is 3.87. The average Bonchev–Trinajstić information content (AvgIpc) is 3.25. The number of benzene rings is 2. The zero-order chi connectivity index (χ0) is 26.9. The normalized spacial score (nSPS) is 12.8. The average molecular weight is 518 g/mol. The van der Waals surface area contributed by atoms with Crippen molar-refractivity contribution >= 4 is 29.7 Å². The number of alkyl carbamates (subject to hydrolysis) is 1. The monoisotopic (exact) mass is 517 g/mol. The van der Waals surface area contributed by atoms with Crippen LogP contribution >= 0.6 is 0 Å². The number of amides is 3. The lowest BCUT2D eigenvalue weighted by Gasteiger charge is -2.16. The smallest absolute Gasteiger partial charge is 0.408 e. The van der Waals surface area contributed by atoms with E-state index < -0.39 is 24.0 Å². The van der Waals surface area contributed by atoms with Crippen LogP contribution in [0.2, 0.25) is 0 Å². The van der Waals surface area contributed by atoms with Crippen molar-refractivity contribution in [1.82, 2.24) is 20.5 Å². The second-order valence-electron chi connectivity index (χ2n) is 8.55. The van der Waals surface area contributed by atoms with Gasteiger partial charge in [0.2, 0.25) is 0 Å². The van der Waals surface area contributed by atoms with Crippen LogP contribution in [0, 0.1) is 0 Å². The molecule has 1 atom stereocenters. The van der Waals surface area contributed by atoms with Gasteiger partial charge in [-0.05, 0) is 35.4 Å². The van der Waals surface area contributed by atoms with Crippen LogP contribution in [0.5, 0.6) is 0 Å². The van der Waals surface area contributed by atoms with Gasteiger partial charge < -0.3 is 30.7 Å². The molecule has 1 aromatic heterocycles. The number of pyridine rings is 1. The second-order valence-corrected chi connectivity index (χ2v) is 8.55. The number of carbonyl (C=O) groups is 4. The number of ether oxygens (including phenoxy) is 1. The number of anilines is 1. The van der Waals surface area contributed by atoms with Crippen LogP contribution in [-0.4, -0.2) is 64.5 Å². The third-order valence-corrected chi connectivity index (χ3v) is 5.87. The maximum Gasteiger partial charge on any atom is 0.408 e. The van der Waals surface area contributed by atoms with Crippen molar-refractivity contribution in [2.24, 2.45) is 0 Å². The highest BCUT2D eigenvalue weighted by Gasteiger charge is 2.28. The first-order valence-corrected chi connectivity index (χ1v) is 12.0. The van der Waals surface area contributed by atoms with Gasteiger partial charge in [-0.2, -0.15) is 0 Å². The lowest BCUT2D eigenvalue weighted by atomic mass is 10.1. The van der Waals surface area contributed by atoms with Gasteiger partial charge >= 0.3 is 12.1 Å². The first-order chi connectivity index (χ1) is 18.4. The van der Waals surface area contributed by atoms with Crippen molar-refractivity contribution in [3.63, 3.8) is 0 Å². The molecule has 0 saturated carbocycles. The maximum atomic E-state index is 12.9. The highest BCUT2D eigenvalue weighted by molar-refractivity contribution is 6.02. The molecule has 3 aromatic rings. The summed E-state index contributed by atoms with van der Waals surface area (Å²) in [5.41, 5.74) is 2.18. The number of hydrogen-bond donors (Lipinski definition) is 4. The number of carboxylic acid groups (broad SMARTS) is 1. The van der Waals surface area contributed by atoms with E-state index in [-0.39, 0.29) is 24.6 Å². The minimum absolute atomic E-state index is 0.0231. The predicted molar refractivity (Wildman–Crippen MR) is 137 cm³/mol. The largest absolute Gasteiger partial charge is 0.480 e. The number of fused-ring (bicyclic) bond motifs is 1. The van der Waals surface area contributed by atoms with E-state index in [1.165, 1.54) is 6.07 Å². The maximum absolute atomic E-state index is 12.9. The van der Waals surface area contributed by atoms with Crippen molar-refractivity contribution in [3.8, 4) is 0 Å². The molecule has 4 N–H and O–H groups in total. The van der Waals surface area contributed by atoms with Gasteiger partial charge in [0.15, 0.2) is 0 Å². The van der Waals surface area contributed by atoms with Crippen molar-refractivity contribution in [2.45, 2.75) is 19.2 Å². The van der Waals surface area contributed by atoms with Crippen LogP contribution in [0.1, 0.15) is 31.8 Å². The Morgan fingerprint density at radius 2 is 1.84 bits per heavy atom. The fraction of sp³-hybridized carbons (Fsp3) is 0.222. The third-order valence-electron chi connectivity index (χ3n) is 5.87. The molecule has 11 nitrogen and oxygen atoms in total. The zero-order valence-electron chi connectivity index (χ0n) is 20.4. The molecule has 0 fully saturated rings. The summed E-state index contributed by atoms with van der Waals surface area (Å²) in [6.45, 7) is 1.01. The van der Waals surface area contributed by atoms with Gasteiger partial charge in [0, 0.05) is 43.5 Å². The number of carbonyl (C=O) groups excluding carboxylic acids is 3. The first kappa shape index (κ1) is 26.1. The quantitative estimate of drug-likeness (QED) is 0.303. The van der Waals surface area contributed by atoms with Gasteiger partial charge in [0.05, 0.1) is 0 Å². The Hall–Kier alpha value is -4.93. The minimum Gasteiger partial charge on any atom is -0.480 e. The Morgan fingerprint density at radius 3 is 2.58 bits per heavy atom. The molecule has 4 rings (SSSR count). The molecule has 1 aliphatic rings. The predicted octanol–water partition coefficient (Wildman–Crippen LogP) is 2.26. The van der Waals surface area contributed by atoms with Crippen LogP contribution in [0.3, 0.4) is 0 Å². The van der Waals surface area contributed by atoms with E-state index in [2.05, 4.69) is 20.9 Å². The van der Waals surface area contributed by atoms with Crippen LogP contribution in [-0.2, 0) is 22.7 Å². The van der Waals surface area contributed by atoms with Gasteiger partial charge in [0.1, 0.15) is 18.5 Å². The molecule has 1 unspecified atom stereocenters. The molecular formula is C27H27N5O6. The zero-order valence-corrected chi connectivity index (χ0v) is 20.4. The van der Waals surface area contributed by atoms with Crippen molar-refractivity contribution in [1.29, 1.82) is 0 Å². The van der Waals surface area contributed by atoms with Crippen molar-refractivity contribution in [3.05, 3.63) is 95.2 Å².